The van der Waals surface area contributed by atoms with E-state index in [2.05, 4.69) is 6.07 Å². The highest BCUT2D eigenvalue weighted by atomic mass is 16.5. The van der Waals surface area contributed by atoms with Crippen molar-refractivity contribution in [3.63, 3.8) is 0 Å². The minimum atomic E-state index is -0.713. The van der Waals surface area contributed by atoms with Gasteiger partial charge in [-0.25, -0.2) is 0 Å². The summed E-state index contributed by atoms with van der Waals surface area (Å²) < 4.78 is 5.97. The predicted molar refractivity (Wildman–Crippen MR) is 95.9 cm³/mol. The van der Waals surface area contributed by atoms with E-state index in [4.69, 9.17) is 10.00 Å². The van der Waals surface area contributed by atoms with E-state index in [-0.39, 0.29) is 5.78 Å². The first kappa shape index (κ1) is 16.6. The third-order valence-corrected chi connectivity index (χ3v) is 3.90. The minimum absolute atomic E-state index is 0.0961. The summed E-state index contributed by atoms with van der Waals surface area (Å²) in [6.45, 7) is 0.337. The van der Waals surface area contributed by atoms with Gasteiger partial charge in [0.1, 0.15) is 6.10 Å². The zero-order chi connectivity index (χ0) is 17.5. The lowest BCUT2D eigenvalue weighted by Gasteiger charge is -2.18. The first-order valence-corrected chi connectivity index (χ1v) is 8.03. The number of Topliss-reactive ketones (excluding diaryl/α,β-unsaturated/α-hetero) is 1. The molecule has 3 aromatic carbocycles. The molecule has 0 bridgehead atoms. The van der Waals surface area contributed by atoms with Crippen molar-refractivity contribution in [2.24, 2.45) is 0 Å². The minimum Gasteiger partial charge on any atom is -0.361 e. The van der Waals surface area contributed by atoms with Crippen molar-refractivity contribution in [3.8, 4) is 6.07 Å². The van der Waals surface area contributed by atoms with Gasteiger partial charge in [-0.05, 0) is 23.3 Å². The van der Waals surface area contributed by atoms with Crippen molar-refractivity contribution in [1.82, 2.24) is 0 Å². The van der Waals surface area contributed by atoms with Gasteiger partial charge in [-0.1, -0.05) is 72.8 Å². The first-order valence-electron chi connectivity index (χ1n) is 8.03. The molecule has 0 fully saturated rings. The fraction of sp³-hybridized carbons (Fsp3) is 0.0909. The third-order valence-electron chi connectivity index (χ3n) is 3.90. The first-order chi connectivity index (χ1) is 12.3. The highest BCUT2D eigenvalue weighted by Gasteiger charge is 2.23. The molecule has 0 aromatic heterocycles. The number of hydrogen-bond donors (Lipinski definition) is 0. The van der Waals surface area contributed by atoms with Crippen LogP contribution in [-0.4, -0.2) is 5.78 Å². The topological polar surface area (TPSA) is 50.1 Å². The molecule has 1 atom stereocenters. The molecule has 0 saturated carbocycles. The lowest BCUT2D eigenvalue weighted by atomic mass is 9.99. The fourth-order valence-electron chi connectivity index (χ4n) is 2.56. The quantitative estimate of drug-likeness (QED) is 0.617. The van der Waals surface area contributed by atoms with Crippen LogP contribution < -0.4 is 0 Å². The van der Waals surface area contributed by atoms with E-state index in [1.807, 2.05) is 48.5 Å². The highest BCUT2D eigenvalue weighted by molar-refractivity contribution is 6.00. The molecule has 0 N–H and O–H groups in total. The molecule has 3 heteroatoms. The van der Waals surface area contributed by atoms with Crippen molar-refractivity contribution in [3.05, 3.63) is 107 Å². The smallest absolute Gasteiger partial charge is 0.196 e. The molecule has 0 radical (unpaired) electrons. The maximum Gasteiger partial charge on any atom is 0.196 e. The maximum absolute atomic E-state index is 12.9. The van der Waals surface area contributed by atoms with Crippen LogP contribution in [0.1, 0.15) is 33.2 Å². The molecule has 0 spiro atoms. The van der Waals surface area contributed by atoms with E-state index < -0.39 is 6.10 Å². The average molecular weight is 327 g/mol. The standard InChI is InChI=1S/C22H17NO2/c23-15-17-11-13-20(14-12-17)22(21(24)19-9-5-2-6-10-19)25-16-18-7-3-1-4-8-18/h1-14,22H,16H2. The average Bonchev–Trinajstić information content (AvgIpc) is 2.70. The fourth-order valence-corrected chi connectivity index (χ4v) is 2.56. The number of nitrogens with zero attached hydrogens (tertiary/aromatic N) is 1. The summed E-state index contributed by atoms with van der Waals surface area (Å²) in [7, 11) is 0. The monoisotopic (exact) mass is 327 g/mol. The van der Waals surface area contributed by atoms with Crippen LogP contribution in [0.2, 0.25) is 0 Å². The number of ketones is 1. The van der Waals surface area contributed by atoms with Gasteiger partial charge >= 0.3 is 0 Å². The molecule has 0 amide bonds. The van der Waals surface area contributed by atoms with Gasteiger partial charge in [-0.15, -0.1) is 0 Å². The largest absolute Gasteiger partial charge is 0.361 e. The van der Waals surface area contributed by atoms with E-state index in [1.54, 1.807) is 36.4 Å². The van der Waals surface area contributed by atoms with Gasteiger partial charge < -0.3 is 4.74 Å². The van der Waals surface area contributed by atoms with Crippen molar-refractivity contribution in [1.29, 1.82) is 5.26 Å². The molecule has 0 aliphatic carbocycles. The third kappa shape index (κ3) is 4.20. The number of benzene rings is 3. The zero-order valence-electron chi connectivity index (χ0n) is 13.6. The molecule has 3 nitrogen and oxygen atoms in total. The summed E-state index contributed by atoms with van der Waals surface area (Å²) >= 11 is 0. The molecule has 3 rings (SSSR count). The Morgan fingerprint density at radius 1 is 0.880 bits per heavy atom. The van der Waals surface area contributed by atoms with Gasteiger partial charge in [-0.2, -0.15) is 5.26 Å². The summed E-state index contributed by atoms with van der Waals surface area (Å²) in [6, 6.07) is 27.9. The van der Waals surface area contributed by atoms with Crippen molar-refractivity contribution in [2.45, 2.75) is 12.7 Å². The normalized spacial score (nSPS) is 11.5. The van der Waals surface area contributed by atoms with E-state index >= 15 is 0 Å². The SMILES string of the molecule is N#Cc1ccc(C(OCc2ccccc2)C(=O)c2ccccc2)cc1. The molecule has 25 heavy (non-hydrogen) atoms. The van der Waals surface area contributed by atoms with Crippen LogP contribution in [0.15, 0.2) is 84.9 Å². The van der Waals surface area contributed by atoms with Crippen molar-refractivity contribution >= 4 is 5.78 Å². The number of ether oxygens (including phenoxy) is 1. The Morgan fingerprint density at radius 2 is 1.48 bits per heavy atom. The van der Waals surface area contributed by atoms with E-state index in [1.165, 1.54) is 0 Å². The van der Waals surface area contributed by atoms with Crippen LogP contribution in [0.4, 0.5) is 0 Å². The molecule has 0 aliphatic rings. The van der Waals surface area contributed by atoms with E-state index in [9.17, 15) is 4.79 Å². The van der Waals surface area contributed by atoms with Crippen LogP contribution in [0.5, 0.6) is 0 Å². The van der Waals surface area contributed by atoms with Gasteiger partial charge in [0.15, 0.2) is 5.78 Å². The Balaban J connectivity index is 1.87. The summed E-state index contributed by atoms with van der Waals surface area (Å²) in [4.78, 5) is 12.9. The second-order valence-corrected chi connectivity index (χ2v) is 5.64. The van der Waals surface area contributed by atoms with Crippen molar-refractivity contribution in [2.75, 3.05) is 0 Å². The Hall–Kier alpha value is -3.22. The molecule has 0 heterocycles. The van der Waals surface area contributed by atoms with Crippen molar-refractivity contribution < 1.29 is 9.53 Å². The van der Waals surface area contributed by atoms with Gasteiger partial charge in [0.25, 0.3) is 0 Å². The van der Waals surface area contributed by atoms with Gasteiger partial charge in [0.2, 0.25) is 0 Å². The lowest BCUT2D eigenvalue weighted by molar-refractivity contribution is 0.0334. The molecule has 1 unspecified atom stereocenters. The molecule has 0 saturated heterocycles. The van der Waals surface area contributed by atoms with E-state index in [0.29, 0.717) is 17.7 Å². The highest BCUT2D eigenvalue weighted by Crippen LogP contribution is 2.24. The Bertz CT molecular complexity index is 865. The van der Waals surface area contributed by atoms with Gasteiger partial charge in [0.05, 0.1) is 18.2 Å². The maximum atomic E-state index is 12.9. The lowest BCUT2D eigenvalue weighted by Crippen LogP contribution is -2.16. The molecule has 122 valence electrons. The Morgan fingerprint density at radius 3 is 2.08 bits per heavy atom. The molecular formula is C22H17NO2. The number of carbonyl (C=O) groups excluding carboxylic acids is 1. The number of hydrogen-bond acceptors (Lipinski definition) is 3. The van der Waals surface area contributed by atoms with Crippen LogP contribution in [0, 0.1) is 11.3 Å². The number of rotatable bonds is 6. The Kier molecular flexibility index (Phi) is 5.36. The van der Waals surface area contributed by atoms with Crippen LogP contribution in [-0.2, 0) is 11.3 Å². The Labute approximate surface area is 147 Å². The van der Waals surface area contributed by atoms with E-state index in [0.717, 1.165) is 11.1 Å². The van der Waals surface area contributed by atoms with Gasteiger partial charge in [-0.3, -0.25) is 4.79 Å². The molecule has 0 aliphatic heterocycles. The van der Waals surface area contributed by atoms with Crippen LogP contribution >= 0.6 is 0 Å². The second-order valence-electron chi connectivity index (χ2n) is 5.64. The van der Waals surface area contributed by atoms with Crippen LogP contribution in [0.3, 0.4) is 0 Å². The zero-order valence-corrected chi connectivity index (χ0v) is 13.6. The number of nitriles is 1. The summed E-state index contributed by atoms with van der Waals surface area (Å²) in [6.07, 6.45) is -0.713. The van der Waals surface area contributed by atoms with Gasteiger partial charge in [0, 0.05) is 5.56 Å². The summed E-state index contributed by atoms with van der Waals surface area (Å²) in [5, 5.41) is 8.96. The molecular weight excluding hydrogens is 310 g/mol. The molecule has 3 aromatic rings. The summed E-state index contributed by atoms with van der Waals surface area (Å²) in [5.74, 6) is -0.0961. The predicted octanol–water partition coefficient (Wildman–Crippen LogP) is 4.70. The number of carbonyl (C=O) groups is 1. The van der Waals surface area contributed by atoms with Crippen LogP contribution in [0.25, 0.3) is 0 Å². The second kappa shape index (κ2) is 8.05. The summed E-state index contributed by atoms with van der Waals surface area (Å²) in [5.41, 5.74) is 2.90.